The van der Waals surface area contributed by atoms with Crippen LogP contribution in [0.5, 0.6) is 5.75 Å². The number of hydrogen-bond donors (Lipinski definition) is 2. The molecule has 26 heavy (non-hydrogen) atoms. The van der Waals surface area contributed by atoms with Gasteiger partial charge < -0.3 is 14.8 Å². The largest absolute Gasteiger partial charge is 0.488 e. The number of nitrogens with one attached hydrogen (secondary N) is 2. The smallest absolute Gasteiger partial charge is 0.251 e. The lowest BCUT2D eigenvalue weighted by Gasteiger charge is -2.32. The molecule has 2 heterocycles. The first-order valence-corrected chi connectivity index (χ1v) is 8.30. The molecule has 4 rings (SSSR count). The summed E-state index contributed by atoms with van der Waals surface area (Å²) < 4.78 is 24.7. The molecule has 1 fully saturated rings. The number of carbonyl (C=O) groups excluding carboxylic acids is 1. The second-order valence-corrected chi connectivity index (χ2v) is 6.08. The topological polar surface area (TPSA) is 89.1 Å². The Balaban J connectivity index is 1.48. The van der Waals surface area contributed by atoms with Crippen LogP contribution in [0, 0.1) is 5.82 Å². The summed E-state index contributed by atoms with van der Waals surface area (Å²) >= 11 is 0. The number of aromatic amines is 1. The number of hydrogen-bond acceptors (Lipinski definition) is 5. The number of carbonyl (C=O) groups is 1. The molecule has 7 nitrogen and oxygen atoms in total. The normalized spacial score (nSPS) is 20.0. The van der Waals surface area contributed by atoms with Crippen molar-refractivity contribution in [1.82, 2.24) is 20.7 Å². The predicted molar refractivity (Wildman–Crippen MR) is 91.4 cm³/mol. The Morgan fingerprint density at radius 2 is 2.12 bits per heavy atom. The van der Waals surface area contributed by atoms with Crippen molar-refractivity contribution in [3.63, 3.8) is 0 Å². The molecule has 1 aliphatic heterocycles. The van der Waals surface area contributed by atoms with Gasteiger partial charge in [0.2, 0.25) is 0 Å². The number of rotatable bonds is 4. The third kappa shape index (κ3) is 3.50. The number of aromatic nitrogens is 3. The fraction of sp³-hybridized carbons (Fsp3) is 0.278. The number of fused-ring (bicyclic) bond motifs is 1. The Labute approximate surface area is 148 Å². The summed E-state index contributed by atoms with van der Waals surface area (Å²) in [6.07, 6.45) is 0.300. The summed E-state index contributed by atoms with van der Waals surface area (Å²) in [4.78, 5) is 12.6. The van der Waals surface area contributed by atoms with Crippen molar-refractivity contribution in [1.29, 1.82) is 0 Å². The molecule has 0 bridgehead atoms. The summed E-state index contributed by atoms with van der Waals surface area (Å²) in [5.74, 6) is -0.186. The standard InChI is InChI=1S/C18H17FN4O3/c19-12-2-1-3-13(9-12)26-17-6-7-25-10-16(17)20-18(24)11-4-5-14-15(8-11)22-23-21-14/h1-5,8-9,16-17H,6-7,10H2,(H,20,24)(H,21,22,23)/t16-,17+/m1/s1. The molecule has 134 valence electrons. The molecule has 2 atom stereocenters. The van der Waals surface area contributed by atoms with Crippen molar-refractivity contribution >= 4 is 16.9 Å². The second-order valence-electron chi connectivity index (χ2n) is 6.08. The zero-order chi connectivity index (χ0) is 17.9. The van der Waals surface area contributed by atoms with Crippen molar-refractivity contribution in [3.05, 3.63) is 53.8 Å². The van der Waals surface area contributed by atoms with Gasteiger partial charge in [-0.2, -0.15) is 15.4 Å². The lowest BCUT2D eigenvalue weighted by molar-refractivity contribution is -0.00297. The fourth-order valence-corrected chi connectivity index (χ4v) is 2.94. The van der Waals surface area contributed by atoms with E-state index in [9.17, 15) is 9.18 Å². The third-order valence-electron chi connectivity index (χ3n) is 4.27. The van der Waals surface area contributed by atoms with E-state index in [2.05, 4.69) is 20.7 Å². The van der Waals surface area contributed by atoms with Gasteiger partial charge in [0, 0.05) is 18.1 Å². The number of halogens is 1. The highest BCUT2D eigenvalue weighted by Crippen LogP contribution is 2.20. The van der Waals surface area contributed by atoms with Crippen molar-refractivity contribution in [3.8, 4) is 5.75 Å². The van der Waals surface area contributed by atoms with Crippen LogP contribution in [0.25, 0.3) is 11.0 Å². The SMILES string of the molecule is O=C(N[C@@H]1COCC[C@@H]1Oc1cccc(F)c1)c1ccc2n[nH]nc2c1. The lowest BCUT2D eigenvalue weighted by atomic mass is 10.1. The summed E-state index contributed by atoms with van der Waals surface area (Å²) in [6.45, 7) is 0.856. The fourth-order valence-electron chi connectivity index (χ4n) is 2.94. The molecule has 3 aromatic rings. The Hall–Kier alpha value is -3.00. The van der Waals surface area contributed by atoms with E-state index in [1.165, 1.54) is 12.1 Å². The maximum absolute atomic E-state index is 13.4. The number of nitrogens with zero attached hydrogens (tertiary/aromatic N) is 2. The Bertz CT molecular complexity index is 929. The molecule has 2 N–H and O–H groups in total. The van der Waals surface area contributed by atoms with Crippen molar-refractivity contribution < 1.29 is 18.7 Å². The Morgan fingerprint density at radius 1 is 1.23 bits per heavy atom. The first kappa shape index (κ1) is 16.5. The van der Waals surface area contributed by atoms with Crippen LogP contribution in [-0.2, 0) is 4.74 Å². The van der Waals surface area contributed by atoms with Gasteiger partial charge in [-0.15, -0.1) is 0 Å². The average Bonchev–Trinajstić information content (AvgIpc) is 3.11. The minimum atomic E-state index is -0.365. The molecule has 0 radical (unpaired) electrons. The highest BCUT2D eigenvalue weighted by molar-refractivity contribution is 5.97. The van der Waals surface area contributed by atoms with E-state index in [4.69, 9.17) is 9.47 Å². The zero-order valence-corrected chi connectivity index (χ0v) is 13.8. The van der Waals surface area contributed by atoms with Gasteiger partial charge in [0.15, 0.2) is 0 Å². The van der Waals surface area contributed by atoms with Gasteiger partial charge in [0.05, 0.1) is 19.3 Å². The minimum absolute atomic E-state index is 0.252. The lowest BCUT2D eigenvalue weighted by Crippen LogP contribution is -2.51. The highest BCUT2D eigenvalue weighted by Gasteiger charge is 2.29. The molecule has 1 aromatic heterocycles. The number of ether oxygens (including phenoxy) is 2. The molecule has 2 aromatic carbocycles. The monoisotopic (exact) mass is 356 g/mol. The highest BCUT2D eigenvalue weighted by atomic mass is 19.1. The van der Waals surface area contributed by atoms with Crippen LogP contribution in [0.4, 0.5) is 4.39 Å². The van der Waals surface area contributed by atoms with E-state index < -0.39 is 0 Å². The molecule has 0 aliphatic carbocycles. The quantitative estimate of drug-likeness (QED) is 0.747. The van der Waals surface area contributed by atoms with Crippen LogP contribution in [-0.4, -0.2) is 46.7 Å². The van der Waals surface area contributed by atoms with Gasteiger partial charge in [-0.25, -0.2) is 4.39 Å². The number of amides is 1. The molecule has 1 aliphatic rings. The van der Waals surface area contributed by atoms with Crippen molar-refractivity contribution in [2.45, 2.75) is 18.6 Å². The summed E-state index contributed by atoms with van der Waals surface area (Å²) in [5.41, 5.74) is 1.78. The number of H-pyrrole nitrogens is 1. The minimum Gasteiger partial charge on any atom is -0.488 e. The number of benzene rings is 2. The molecule has 0 unspecified atom stereocenters. The van der Waals surface area contributed by atoms with Gasteiger partial charge >= 0.3 is 0 Å². The van der Waals surface area contributed by atoms with E-state index in [0.717, 1.165) is 0 Å². The van der Waals surface area contributed by atoms with E-state index in [0.29, 0.717) is 42.0 Å². The van der Waals surface area contributed by atoms with Crippen LogP contribution >= 0.6 is 0 Å². The van der Waals surface area contributed by atoms with E-state index >= 15 is 0 Å². The van der Waals surface area contributed by atoms with Crippen LogP contribution < -0.4 is 10.1 Å². The molecule has 0 spiro atoms. The molecule has 1 amide bonds. The summed E-state index contributed by atoms with van der Waals surface area (Å²) in [5, 5.41) is 13.4. The average molecular weight is 356 g/mol. The molecule has 8 heteroatoms. The Morgan fingerprint density at radius 3 is 3.00 bits per heavy atom. The van der Waals surface area contributed by atoms with Gasteiger partial charge in [-0.1, -0.05) is 6.07 Å². The maximum atomic E-state index is 13.4. The zero-order valence-electron chi connectivity index (χ0n) is 13.8. The van der Waals surface area contributed by atoms with Crippen LogP contribution in [0.3, 0.4) is 0 Å². The Kier molecular flexibility index (Phi) is 4.49. The summed E-state index contributed by atoms with van der Waals surface area (Å²) in [7, 11) is 0. The predicted octanol–water partition coefficient (Wildman–Crippen LogP) is 2.06. The van der Waals surface area contributed by atoms with Crippen LogP contribution in [0.1, 0.15) is 16.8 Å². The molecule has 0 saturated carbocycles. The van der Waals surface area contributed by atoms with Gasteiger partial charge in [0.1, 0.15) is 28.7 Å². The first-order valence-electron chi connectivity index (χ1n) is 8.30. The maximum Gasteiger partial charge on any atom is 0.251 e. The van der Waals surface area contributed by atoms with Crippen LogP contribution in [0.15, 0.2) is 42.5 Å². The first-order chi connectivity index (χ1) is 12.7. The van der Waals surface area contributed by atoms with Crippen LogP contribution in [0.2, 0.25) is 0 Å². The molecular weight excluding hydrogens is 339 g/mol. The van der Waals surface area contributed by atoms with E-state index in [-0.39, 0.29) is 23.9 Å². The van der Waals surface area contributed by atoms with Crippen molar-refractivity contribution in [2.24, 2.45) is 0 Å². The van der Waals surface area contributed by atoms with Gasteiger partial charge in [0.25, 0.3) is 5.91 Å². The molecule has 1 saturated heterocycles. The van der Waals surface area contributed by atoms with Gasteiger partial charge in [-0.05, 0) is 30.3 Å². The second kappa shape index (κ2) is 7.09. The van der Waals surface area contributed by atoms with E-state index in [1.807, 2.05) is 0 Å². The van der Waals surface area contributed by atoms with Crippen molar-refractivity contribution in [2.75, 3.05) is 13.2 Å². The van der Waals surface area contributed by atoms with E-state index in [1.54, 1.807) is 30.3 Å². The molecular formula is C18H17FN4O3. The third-order valence-corrected chi connectivity index (χ3v) is 4.27. The summed E-state index contributed by atoms with van der Waals surface area (Å²) in [6, 6.07) is 10.7. The van der Waals surface area contributed by atoms with Gasteiger partial charge in [-0.3, -0.25) is 4.79 Å².